The number of ether oxygens (including phenoxy) is 1. The SMILES string of the molecule is N=C(N)c1ccnc(Oc2cccc(Br)c2)n1. The van der Waals surface area contributed by atoms with Gasteiger partial charge >= 0.3 is 6.01 Å². The highest BCUT2D eigenvalue weighted by Crippen LogP contribution is 2.21. The fraction of sp³-hybridized carbons (Fsp3) is 0. The standard InChI is InChI=1S/C11H9BrN4O/c12-7-2-1-3-8(6-7)17-11-15-5-4-9(16-11)10(13)14/h1-6H,(H3,13,14). The Morgan fingerprint density at radius 2 is 2.18 bits per heavy atom. The van der Waals surface area contributed by atoms with Crippen LogP contribution in [0.25, 0.3) is 0 Å². The van der Waals surface area contributed by atoms with E-state index >= 15 is 0 Å². The molecule has 0 spiro atoms. The number of halogens is 1. The molecule has 1 heterocycles. The van der Waals surface area contributed by atoms with Gasteiger partial charge in [0.15, 0.2) is 0 Å². The molecule has 0 saturated heterocycles. The second-order valence-electron chi connectivity index (χ2n) is 3.20. The van der Waals surface area contributed by atoms with Crippen molar-refractivity contribution in [2.75, 3.05) is 0 Å². The number of nitrogen functional groups attached to an aromatic ring is 1. The van der Waals surface area contributed by atoms with E-state index in [1.54, 1.807) is 18.2 Å². The molecule has 1 aromatic heterocycles. The molecule has 0 fully saturated rings. The first-order valence-corrected chi connectivity index (χ1v) is 5.55. The summed E-state index contributed by atoms with van der Waals surface area (Å²) in [4.78, 5) is 7.94. The summed E-state index contributed by atoms with van der Waals surface area (Å²) < 4.78 is 6.35. The largest absolute Gasteiger partial charge is 0.424 e. The van der Waals surface area contributed by atoms with E-state index in [9.17, 15) is 0 Å². The van der Waals surface area contributed by atoms with Crippen molar-refractivity contribution in [3.05, 3.63) is 46.7 Å². The molecule has 2 aromatic rings. The fourth-order valence-electron chi connectivity index (χ4n) is 1.18. The molecule has 0 amide bonds. The van der Waals surface area contributed by atoms with E-state index in [4.69, 9.17) is 15.9 Å². The molecule has 2 rings (SSSR count). The zero-order valence-corrected chi connectivity index (χ0v) is 10.3. The third kappa shape index (κ3) is 3.01. The number of aromatic nitrogens is 2. The first kappa shape index (κ1) is 11.5. The lowest BCUT2D eigenvalue weighted by Gasteiger charge is -2.04. The lowest BCUT2D eigenvalue weighted by atomic mass is 10.3. The van der Waals surface area contributed by atoms with E-state index in [0.717, 1.165) is 4.47 Å². The van der Waals surface area contributed by atoms with Gasteiger partial charge in [0.1, 0.15) is 17.3 Å². The Bertz CT molecular complexity index is 559. The van der Waals surface area contributed by atoms with Crippen molar-refractivity contribution in [2.24, 2.45) is 5.73 Å². The summed E-state index contributed by atoms with van der Waals surface area (Å²) >= 11 is 3.34. The molecule has 0 aliphatic heterocycles. The number of hydrogen-bond donors (Lipinski definition) is 2. The Kier molecular flexibility index (Phi) is 3.34. The average Bonchev–Trinajstić information content (AvgIpc) is 2.29. The smallest absolute Gasteiger partial charge is 0.322 e. The van der Waals surface area contributed by atoms with E-state index in [0.29, 0.717) is 11.4 Å². The molecule has 0 unspecified atom stereocenters. The van der Waals surface area contributed by atoms with Crippen molar-refractivity contribution >= 4 is 21.8 Å². The summed E-state index contributed by atoms with van der Waals surface area (Å²) in [5.74, 6) is 0.492. The summed E-state index contributed by atoms with van der Waals surface area (Å²) in [7, 11) is 0. The Morgan fingerprint density at radius 3 is 2.88 bits per heavy atom. The Labute approximate surface area is 106 Å². The van der Waals surface area contributed by atoms with Crippen LogP contribution in [0, 0.1) is 5.41 Å². The Hall–Kier alpha value is -1.95. The molecule has 6 heteroatoms. The highest BCUT2D eigenvalue weighted by molar-refractivity contribution is 9.10. The normalized spacial score (nSPS) is 9.94. The first-order valence-electron chi connectivity index (χ1n) is 4.76. The van der Waals surface area contributed by atoms with Crippen LogP contribution in [0.4, 0.5) is 0 Å². The number of benzene rings is 1. The second kappa shape index (κ2) is 4.92. The molecule has 1 aromatic carbocycles. The van der Waals surface area contributed by atoms with Crippen LogP contribution in [-0.4, -0.2) is 15.8 Å². The van der Waals surface area contributed by atoms with Crippen LogP contribution < -0.4 is 10.5 Å². The van der Waals surface area contributed by atoms with Crippen LogP contribution in [-0.2, 0) is 0 Å². The summed E-state index contributed by atoms with van der Waals surface area (Å²) in [6.45, 7) is 0. The third-order valence-corrected chi connectivity index (χ3v) is 2.41. The topological polar surface area (TPSA) is 84.9 Å². The van der Waals surface area contributed by atoms with Gasteiger partial charge in [-0.05, 0) is 24.3 Å². The molecule has 86 valence electrons. The van der Waals surface area contributed by atoms with Gasteiger partial charge < -0.3 is 10.5 Å². The van der Waals surface area contributed by atoms with Gasteiger partial charge in [-0.25, -0.2) is 4.98 Å². The maximum atomic E-state index is 7.27. The summed E-state index contributed by atoms with van der Waals surface area (Å²) in [6.07, 6.45) is 1.50. The molecule has 0 atom stereocenters. The molecule has 0 aliphatic carbocycles. The summed E-state index contributed by atoms with van der Waals surface area (Å²) in [6, 6.07) is 9.03. The van der Waals surface area contributed by atoms with Gasteiger partial charge in [0.2, 0.25) is 0 Å². The van der Waals surface area contributed by atoms with E-state index in [2.05, 4.69) is 25.9 Å². The number of amidine groups is 1. The molecule has 0 aliphatic rings. The molecule has 3 N–H and O–H groups in total. The van der Waals surface area contributed by atoms with Crippen LogP contribution in [0.15, 0.2) is 41.0 Å². The van der Waals surface area contributed by atoms with Gasteiger partial charge in [0.25, 0.3) is 0 Å². The lowest BCUT2D eigenvalue weighted by molar-refractivity contribution is 0.441. The van der Waals surface area contributed by atoms with Crippen molar-refractivity contribution in [3.8, 4) is 11.8 Å². The Morgan fingerprint density at radius 1 is 1.35 bits per heavy atom. The minimum absolute atomic E-state index is 0.119. The van der Waals surface area contributed by atoms with Gasteiger partial charge in [0.05, 0.1) is 0 Å². The average molecular weight is 293 g/mol. The van der Waals surface area contributed by atoms with Crippen molar-refractivity contribution in [3.63, 3.8) is 0 Å². The molecular formula is C11H9BrN4O. The predicted molar refractivity (Wildman–Crippen MR) is 67.3 cm³/mol. The van der Waals surface area contributed by atoms with Crippen molar-refractivity contribution in [1.82, 2.24) is 9.97 Å². The highest BCUT2D eigenvalue weighted by Gasteiger charge is 2.04. The van der Waals surface area contributed by atoms with Crippen LogP contribution in [0.3, 0.4) is 0 Å². The van der Waals surface area contributed by atoms with Gasteiger partial charge in [-0.1, -0.05) is 22.0 Å². The number of nitrogens with zero attached hydrogens (tertiary/aromatic N) is 2. The Balaban J connectivity index is 2.24. The van der Waals surface area contributed by atoms with Gasteiger partial charge in [0, 0.05) is 10.7 Å². The van der Waals surface area contributed by atoms with Gasteiger partial charge in [-0.15, -0.1) is 0 Å². The van der Waals surface area contributed by atoms with Crippen molar-refractivity contribution in [1.29, 1.82) is 5.41 Å². The van der Waals surface area contributed by atoms with E-state index in [-0.39, 0.29) is 11.8 Å². The molecule has 0 bridgehead atoms. The number of nitrogens with one attached hydrogen (secondary N) is 1. The molecule has 0 radical (unpaired) electrons. The number of hydrogen-bond acceptors (Lipinski definition) is 4. The second-order valence-corrected chi connectivity index (χ2v) is 4.11. The van der Waals surface area contributed by atoms with Crippen molar-refractivity contribution < 1.29 is 4.74 Å². The van der Waals surface area contributed by atoms with E-state index < -0.39 is 0 Å². The fourth-order valence-corrected chi connectivity index (χ4v) is 1.55. The van der Waals surface area contributed by atoms with Crippen molar-refractivity contribution in [2.45, 2.75) is 0 Å². The summed E-state index contributed by atoms with van der Waals surface area (Å²) in [5, 5.41) is 7.27. The van der Waals surface area contributed by atoms with E-state index in [1.165, 1.54) is 6.20 Å². The maximum absolute atomic E-state index is 7.27. The third-order valence-electron chi connectivity index (χ3n) is 1.91. The van der Waals surface area contributed by atoms with Gasteiger partial charge in [-0.2, -0.15) is 4.98 Å². The minimum atomic E-state index is -0.119. The highest BCUT2D eigenvalue weighted by atomic mass is 79.9. The maximum Gasteiger partial charge on any atom is 0.322 e. The zero-order valence-electron chi connectivity index (χ0n) is 8.72. The number of nitrogens with two attached hydrogens (primary N) is 1. The van der Waals surface area contributed by atoms with Crippen LogP contribution in [0.5, 0.6) is 11.8 Å². The number of rotatable bonds is 3. The van der Waals surface area contributed by atoms with Crippen LogP contribution in [0.2, 0.25) is 0 Å². The molecular weight excluding hydrogens is 284 g/mol. The van der Waals surface area contributed by atoms with E-state index in [1.807, 2.05) is 12.1 Å². The lowest BCUT2D eigenvalue weighted by Crippen LogP contribution is -2.13. The van der Waals surface area contributed by atoms with Gasteiger partial charge in [-0.3, -0.25) is 5.41 Å². The quantitative estimate of drug-likeness (QED) is 0.671. The zero-order chi connectivity index (χ0) is 12.3. The molecule has 5 nitrogen and oxygen atoms in total. The minimum Gasteiger partial charge on any atom is -0.424 e. The summed E-state index contributed by atoms with van der Waals surface area (Å²) in [5.41, 5.74) is 5.67. The first-order chi connectivity index (χ1) is 8.15. The molecule has 17 heavy (non-hydrogen) atoms. The van der Waals surface area contributed by atoms with Crippen LogP contribution in [0.1, 0.15) is 5.69 Å². The molecule has 0 saturated carbocycles. The monoisotopic (exact) mass is 292 g/mol. The van der Waals surface area contributed by atoms with Crippen LogP contribution >= 0.6 is 15.9 Å². The predicted octanol–water partition coefficient (Wildman–Crippen LogP) is 2.32.